The van der Waals surface area contributed by atoms with E-state index in [9.17, 15) is 9.59 Å². The molecule has 1 aliphatic rings. The van der Waals surface area contributed by atoms with Crippen LogP contribution in [0.4, 0.5) is 0 Å². The van der Waals surface area contributed by atoms with Crippen molar-refractivity contribution < 1.29 is 14.7 Å². The lowest BCUT2D eigenvalue weighted by Crippen LogP contribution is -2.42. The van der Waals surface area contributed by atoms with Crippen LogP contribution in [-0.2, 0) is 16.0 Å². The molecule has 110 valence electrons. The Labute approximate surface area is 123 Å². The summed E-state index contributed by atoms with van der Waals surface area (Å²) in [6, 6.07) is 4.22. The van der Waals surface area contributed by atoms with Crippen molar-refractivity contribution >= 4 is 23.2 Å². The molecule has 1 aliphatic heterocycles. The van der Waals surface area contributed by atoms with Crippen molar-refractivity contribution in [3.05, 3.63) is 21.9 Å². The average molecular weight is 295 g/mol. The summed E-state index contributed by atoms with van der Waals surface area (Å²) in [5.41, 5.74) is 0. The normalized spacial score (nSPS) is 19.1. The first kappa shape index (κ1) is 15.0. The summed E-state index contributed by atoms with van der Waals surface area (Å²) < 4.78 is 0. The van der Waals surface area contributed by atoms with Gasteiger partial charge in [0.25, 0.3) is 0 Å². The number of carbonyl (C=O) groups is 2. The zero-order chi connectivity index (χ0) is 14.5. The van der Waals surface area contributed by atoms with Crippen molar-refractivity contribution in [2.45, 2.75) is 39.0 Å². The monoisotopic (exact) mass is 295 g/mol. The minimum absolute atomic E-state index is 0.101. The molecule has 0 radical (unpaired) electrons. The fraction of sp³-hybridized carbons (Fsp3) is 0.600. The molecule has 5 heteroatoms. The summed E-state index contributed by atoms with van der Waals surface area (Å²) in [7, 11) is 0. The fourth-order valence-corrected chi connectivity index (χ4v) is 3.53. The second kappa shape index (κ2) is 6.88. The lowest BCUT2D eigenvalue weighted by molar-refractivity contribution is -0.145. The molecule has 2 rings (SSSR count). The zero-order valence-corrected chi connectivity index (χ0v) is 12.6. The van der Waals surface area contributed by atoms with Gasteiger partial charge in [0.1, 0.15) is 0 Å². The van der Waals surface area contributed by atoms with E-state index in [1.807, 2.05) is 0 Å². The highest BCUT2D eigenvalue weighted by Gasteiger charge is 2.27. The second-order valence-electron chi connectivity index (χ2n) is 5.38. The molecular formula is C15H21NO3S. The Morgan fingerprint density at radius 3 is 2.90 bits per heavy atom. The van der Waals surface area contributed by atoms with Crippen LogP contribution in [-0.4, -0.2) is 35.0 Å². The lowest BCUT2D eigenvalue weighted by atomic mass is 9.98. The highest BCUT2D eigenvalue weighted by atomic mass is 32.1. The van der Waals surface area contributed by atoms with Crippen molar-refractivity contribution in [3.63, 3.8) is 0 Å². The number of aryl methyl sites for hydroxylation is 2. The molecule has 1 fully saturated rings. The number of thiophene rings is 1. The Balaban J connectivity index is 1.75. The highest BCUT2D eigenvalue weighted by Crippen LogP contribution is 2.20. The minimum atomic E-state index is -0.781. The van der Waals surface area contributed by atoms with E-state index in [1.165, 1.54) is 9.75 Å². The van der Waals surface area contributed by atoms with E-state index >= 15 is 0 Å². The van der Waals surface area contributed by atoms with Crippen LogP contribution in [0, 0.1) is 12.8 Å². The number of amides is 1. The number of piperidine rings is 1. The van der Waals surface area contributed by atoms with Gasteiger partial charge in [0.15, 0.2) is 0 Å². The van der Waals surface area contributed by atoms with Gasteiger partial charge in [0, 0.05) is 29.3 Å². The molecule has 0 saturated carbocycles. The van der Waals surface area contributed by atoms with Crippen molar-refractivity contribution in [2.24, 2.45) is 5.92 Å². The molecule has 0 spiro atoms. The summed E-state index contributed by atoms with van der Waals surface area (Å²) >= 11 is 1.78. The Bertz CT molecular complexity index is 483. The number of likely N-dealkylation sites (tertiary alicyclic amines) is 1. The molecule has 1 saturated heterocycles. The zero-order valence-electron chi connectivity index (χ0n) is 11.8. The van der Waals surface area contributed by atoms with E-state index in [2.05, 4.69) is 19.1 Å². The molecule has 1 atom stereocenters. The molecule has 0 unspecified atom stereocenters. The van der Waals surface area contributed by atoms with E-state index in [0.717, 1.165) is 19.3 Å². The largest absolute Gasteiger partial charge is 0.481 e. The maximum absolute atomic E-state index is 12.1. The summed E-state index contributed by atoms with van der Waals surface area (Å²) in [5, 5.41) is 9.03. The van der Waals surface area contributed by atoms with Gasteiger partial charge >= 0.3 is 5.97 Å². The summed E-state index contributed by atoms with van der Waals surface area (Å²) in [6.07, 6.45) is 3.77. The van der Waals surface area contributed by atoms with Crippen molar-refractivity contribution in [3.8, 4) is 0 Å². The molecule has 2 heterocycles. The Morgan fingerprint density at radius 2 is 2.25 bits per heavy atom. The van der Waals surface area contributed by atoms with Crippen LogP contribution < -0.4 is 0 Å². The highest BCUT2D eigenvalue weighted by molar-refractivity contribution is 7.11. The smallest absolute Gasteiger partial charge is 0.308 e. The number of rotatable bonds is 5. The van der Waals surface area contributed by atoms with Gasteiger partial charge in [-0.05, 0) is 44.7 Å². The van der Waals surface area contributed by atoms with Gasteiger partial charge in [-0.15, -0.1) is 11.3 Å². The number of carbonyl (C=O) groups excluding carboxylic acids is 1. The third-order valence-electron chi connectivity index (χ3n) is 3.73. The fourth-order valence-electron chi connectivity index (χ4n) is 2.60. The number of carboxylic acid groups (broad SMARTS) is 1. The van der Waals surface area contributed by atoms with E-state index in [-0.39, 0.29) is 11.8 Å². The van der Waals surface area contributed by atoms with Crippen molar-refractivity contribution in [2.75, 3.05) is 13.1 Å². The predicted molar refractivity (Wildman–Crippen MR) is 78.9 cm³/mol. The first-order valence-corrected chi connectivity index (χ1v) is 7.94. The van der Waals surface area contributed by atoms with Gasteiger partial charge in [-0.25, -0.2) is 0 Å². The van der Waals surface area contributed by atoms with Gasteiger partial charge in [-0.3, -0.25) is 9.59 Å². The number of carboxylic acids is 1. The molecular weight excluding hydrogens is 274 g/mol. The van der Waals surface area contributed by atoms with Crippen LogP contribution in [0.5, 0.6) is 0 Å². The van der Waals surface area contributed by atoms with Crippen molar-refractivity contribution in [1.29, 1.82) is 0 Å². The van der Waals surface area contributed by atoms with E-state index in [0.29, 0.717) is 25.9 Å². The number of aliphatic carboxylic acids is 1. The average Bonchev–Trinajstić information content (AvgIpc) is 2.84. The number of nitrogens with zero attached hydrogens (tertiary/aromatic N) is 1. The Kier molecular flexibility index (Phi) is 5.17. The minimum Gasteiger partial charge on any atom is -0.481 e. The van der Waals surface area contributed by atoms with E-state index in [1.54, 1.807) is 16.2 Å². The van der Waals surface area contributed by atoms with Gasteiger partial charge in [0.05, 0.1) is 5.92 Å². The van der Waals surface area contributed by atoms with E-state index in [4.69, 9.17) is 5.11 Å². The van der Waals surface area contributed by atoms with Gasteiger partial charge in [-0.1, -0.05) is 0 Å². The number of hydrogen-bond donors (Lipinski definition) is 1. The standard InChI is InChI=1S/C15H21NO3S/c1-11-7-8-13(20-11)5-2-6-14(17)16-9-3-4-12(10-16)15(18)19/h7-8,12H,2-6,9-10H2,1H3,(H,18,19)/t12-/m0/s1. The van der Waals surface area contributed by atoms with E-state index < -0.39 is 5.97 Å². The summed E-state index contributed by atoms with van der Waals surface area (Å²) in [6.45, 7) is 3.17. The first-order valence-electron chi connectivity index (χ1n) is 7.12. The molecule has 0 aliphatic carbocycles. The third-order valence-corrected chi connectivity index (χ3v) is 4.79. The molecule has 0 bridgehead atoms. The molecule has 1 aromatic rings. The molecule has 4 nitrogen and oxygen atoms in total. The van der Waals surface area contributed by atoms with Gasteiger partial charge < -0.3 is 10.0 Å². The van der Waals surface area contributed by atoms with Crippen LogP contribution in [0.15, 0.2) is 12.1 Å². The second-order valence-corrected chi connectivity index (χ2v) is 6.76. The van der Waals surface area contributed by atoms with Crippen LogP contribution in [0.25, 0.3) is 0 Å². The Hall–Kier alpha value is -1.36. The van der Waals surface area contributed by atoms with Crippen LogP contribution in [0.1, 0.15) is 35.4 Å². The van der Waals surface area contributed by atoms with Gasteiger partial charge in [0.2, 0.25) is 5.91 Å². The lowest BCUT2D eigenvalue weighted by Gasteiger charge is -2.30. The van der Waals surface area contributed by atoms with Gasteiger partial charge in [-0.2, -0.15) is 0 Å². The van der Waals surface area contributed by atoms with Crippen LogP contribution >= 0.6 is 11.3 Å². The summed E-state index contributed by atoms with van der Waals surface area (Å²) in [4.78, 5) is 27.4. The topological polar surface area (TPSA) is 57.6 Å². The predicted octanol–water partition coefficient (Wildman–Crippen LogP) is 2.70. The quantitative estimate of drug-likeness (QED) is 0.908. The molecule has 1 amide bonds. The maximum atomic E-state index is 12.1. The molecule has 20 heavy (non-hydrogen) atoms. The van der Waals surface area contributed by atoms with Crippen LogP contribution in [0.3, 0.4) is 0 Å². The summed E-state index contributed by atoms with van der Waals surface area (Å²) in [5.74, 6) is -1.06. The number of hydrogen-bond acceptors (Lipinski definition) is 3. The Morgan fingerprint density at radius 1 is 1.45 bits per heavy atom. The molecule has 1 aromatic heterocycles. The first-order chi connectivity index (χ1) is 9.56. The third kappa shape index (κ3) is 4.07. The SMILES string of the molecule is Cc1ccc(CCCC(=O)N2CCC[C@H](C(=O)O)C2)s1. The molecule has 1 N–H and O–H groups in total. The maximum Gasteiger partial charge on any atom is 0.308 e. The molecule has 0 aromatic carbocycles. The van der Waals surface area contributed by atoms with Crippen LogP contribution in [0.2, 0.25) is 0 Å². The van der Waals surface area contributed by atoms with Crippen molar-refractivity contribution in [1.82, 2.24) is 4.90 Å².